The molecule has 6 heteroatoms. The van der Waals surface area contributed by atoms with Gasteiger partial charge in [-0.25, -0.2) is 0 Å². The first-order valence-electron chi connectivity index (χ1n) is 11.0. The highest BCUT2D eigenvalue weighted by Crippen LogP contribution is 2.31. The second-order valence-electron chi connectivity index (χ2n) is 8.10. The number of anilines is 2. The van der Waals surface area contributed by atoms with Gasteiger partial charge in [0, 0.05) is 49.5 Å². The van der Waals surface area contributed by atoms with Crippen LogP contribution in [-0.2, 0) is 4.74 Å². The second kappa shape index (κ2) is 9.91. The van der Waals surface area contributed by atoms with Gasteiger partial charge in [-0.2, -0.15) is 5.26 Å². The zero-order valence-electron chi connectivity index (χ0n) is 17.1. The Hall–Kier alpha value is -2.36. The lowest BCUT2D eigenvalue weighted by molar-refractivity contribution is 0.0398. The van der Waals surface area contributed by atoms with Crippen LogP contribution < -0.4 is 10.6 Å². The molecule has 0 radical (unpaired) electrons. The van der Waals surface area contributed by atoms with Crippen molar-refractivity contribution >= 4 is 22.3 Å². The van der Waals surface area contributed by atoms with Crippen LogP contribution in [0.25, 0.3) is 10.9 Å². The van der Waals surface area contributed by atoms with Gasteiger partial charge in [-0.3, -0.25) is 9.88 Å². The molecule has 1 aliphatic heterocycles. The number of aromatic nitrogens is 1. The standard InChI is InChI=1S/C23H31N5O/c24-16-18-17-26-22-8-7-20(25-9-10-28-11-13-29-14-12-28)15-21(22)23(18)27-19-5-3-1-2-4-6-19/h7-8,15,17,19,25H,1-6,9-14H2,(H,26,27). The molecule has 6 nitrogen and oxygen atoms in total. The normalized spacial score (nSPS) is 18.9. The monoisotopic (exact) mass is 393 g/mol. The van der Waals surface area contributed by atoms with Crippen molar-refractivity contribution in [2.45, 2.75) is 44.6 Å². The van der Waals surface area contributed by atoms with Crippen LogP contribution >= 0.6 is 0 Å². The van der Waals surface area contributed by atoms with Crippen LogP contribution in [-0.4, -0.2) is 55.3 Å². The molecule has 1 aromatic heterocycles. The third-order valence-electron chi connectivity index (χ3n) is 6.05. The number of nitrogens with one attached hydrogen (secondary N) is 2. The third kappa shape index (κ3) is 5.17. The Kier molecular flexibility index (Phi) is 6.81. The van der Waals surface area contributed by atoms with E-state index in [4.69, 9.17) is 4.74 Å². The predicted molar refractivity (Wildman–Crippen MR) is 117 cm³/mol. The van der Waals surface area contributed by atoms with Crippen molar-refractivity contribution in [1.29, 1.82) is 5.26 Å². The van der Waals surface area contributed by atoms with Gasteiger partial charge in [0.05, 0.1) is 30.0 Å². The number of morpholine rings is 1. The summed E-state index contributed by atoms with van der Waals surface area (Å²) in [6, 6.07) is 9.04. The van der Waals surface area contributed by atoms with Crippen LogP contribution in [0.2, 0.25) is 0 Å². The topological polar surface area (TPSA) is 73.2 Å². The molecular weight excluding hydrogens is 362 g/mol. The van der Waals surface area contributed by atoms with Crippen molar-refractivity contribution in [3.8, 4) is 6.07 Å². The fourth-order valence-corrected chi connectivity index (χ4v) is 4.35. The van der Waals surface area contributed by atoms with E-state index in [1.807, 2.05) is 6.07 Å². The van der Waals surface area contributed by atoms with Crippen LogP contribution in [0.3, 0.4) is 0 Å². The van der Waals surface area contributed by atoms with Crippen molar-refractivity contribution in [3.05, 3.63) is 30.0 Å². The maximum absolute atomic E-state index is 9.66. The van der Waals surface area contributed by atoms with E-state index < -0.39 is 0 Å². The molecule has 2 N–H and O–H groups in total. The molecule has 0 atom stereocenters. The minimum Gasteiger partial charge on any atom is -0.384 e. The van der Waals surface area contributed by atoms with E-state index in [-0.39, 0.29) is 0 Å². The molecule has 1 saturated carbocycles. The van der Waals surface area contributed by atoms with Crippen molar-refractivity contribution in [2.24, 2.45) is 0 Å². The van der Waals surface area contributed by atoms with Gasteiger partial charge in [0.25, 0.3) is 0 Å². The van der Waals surface area contributed by atoms with Gasteiger partial charge in [-0.15, -0.1) is 0 Å². The molecule has 0 spiro atoms. The first-order valence-corrected chi connectivity index (χ1v) is 11.0. The minimum absolute atomic E-state index is 0.438. The lowest BCUT2D eigenvalue weighted by Crippen LogP contribution is -2.38. The smallest absolute Gasteiger partial charge is 0.103 e. The van der Waals surface area contributed by atoms with Crippen molar-refractivity contribution < 1.29 is 4.74 Å². The Bertz CT molecular complexity index is 848. The average Bonchev–Trinajstić information content (AvgIpc) is 3.03. The molecule has 1 aromatic carbocycles. The summed E-state index contributed by atoms with van der Waals surface area (Å²) in [5.74, 6) is 0. The number of ether oxygens (including phenoxy) is 1. The van der Waals surface area contributed by atoms with Gasteiger partial charge in [-0.05, 0) is 31.0 Å². The molecule has 2 aromatic rings. The average molecular weight is 394 g/mol. The molecule has 154 valence electrons. The Labute approximate surface area is 173 Å². The summed E-state index contributed by atoms with van der Waals surface area (Å²) in [5, 5.41) is 17.9. The van der Waals surface area contributed by atoms with E-state index in [0.717, 1.165) is 61.7 Å². The van der Waals surface area contributed by atoms with Crippen molar-refractivity contribution in [1.82, 2.24) is 9.88 Å². The van der Waals surface area contributed by atoms with Crippen LogP contribution in [0, 0.1) is 11.3 Å². The molecule has 0 amide bonds. The van der Waals surface area contributed by atoms with Crippen molar-refractivity contribution in [2.75, 3.05) is 50.0 Å². The number of hydrogen-bond donors (Lipinski definition) is 2. The summed E-state index contributed by atoms with van der Waals surface area (Å²) in [7, 11) is 0. The molecular formula is C23H31N5O. The molecule has 0 unspecified atom stereocenters. The fourth-order valence-electron chi connectivity index (χ4n) is 4.35. The van der Waals surface area contributed by atoms with E-state index in [0.29, 0.717) is 11.6 Å². The van der Waals surface area contributed by atoms with Gasteiger partial charge in [0.15, 0.2) is 0 Å². The number of rotatable bonds is 6. The lowest BCUT2D eigenvalue weighted by Gasteiger charge is -2.26. The van der Waals surface area contributed by atoms with Crippen LogP contribution in [0.15, 0.2) is 24.4 Å². The number of benzene rings is 1. The van der Waals surface area contributed by atoms with Crippen LogP contribution in [0.5, 0.6) is 0 Å². The van der Waals surface area contributed by atoms with E-state index in [1.54, 1.807) is 6.20 Å². The summed E-state index contributed by atoms with van der Waals surface area (Å²) in [5.41, 5.74) is 3.58. The Morgan fingerprint density at radius 1 is 1.14 bits per heavy atom. The van der Waals surface area contributed by atoms with Gasteiger partial charge in [-0.1, -0.05) is 25.7 Å². The first kappa shape index (κ1) is 19.9. The fraction of sp³-hybridized carbons (Fsp3) is 0.565. The molecule has 2 aliphatic rings. The highest BCUT2D eigenvalue weighted by Gasteiger charge is 2.17. The summed E-state index contributed by atoms with van der Waals surface area (Å²) < 4.78 is 5.42. The molecule has 29 heavy (non-hydrogen) atoms. The van der Waals surface area contributed by atoms with Crippen LogP contribution in [0.1, 0.15) is 44.1 Å². The Balaban J connectivity index is 1.51. The number of pyridine rings is 1. The van der Waals surface area contributed by atoms with Gasteiger partial charge >= 0.3 is 0 Å². The highest BCUT2D eigenvalue weighted by molar-refractivity contribution is 5.96. The molecule has 0 bridgehead atoms. The minimum atomic E-state index is 0.438. The van der Waals surface area contributed by atoms with E-state index in [1.165, 1.54) is 38.5 Å². The quantitative estimate of drug-likeness (QED) is 0.723. The van der Waals surface area contributed by atoms with Gasteiger partial charge in [0.1, 0.15) is 6.07 Å². The third-order valence-corrected chi connectivity index (χ3v) is 6.05. The first-order chi connectivity index (χ1) is 14.3. The molecule has 2 heterocycles. The number of fused-ring (bicyclic) bond motifs is 1. The van der Waals surface area contributed by atoms with Crippen molar-refractivity contribution in [3.63, 3.8) is 0 Å². The molecule has 2 fully saturated rings. The summed E-state index contributed by atoms with van der Waals surface area (Å²) in [6.45, 7) is 5.56. The summed E-state index contributed by atoms with van der Waals surface area (Å²) in [6.07, 6.45) is 9.20. The number of nitrogens with zero attached hydrogens (tertiary/aromatic N) is 3. The zero-order chi connectivity index (χ0) is 19.9. The SMILES string of the molecule is N#Cc1cnc2ccc(NCCN3CCOCC3)cc2c1NC1CCCCCC1. The Morgan fingerprint density at radius 2 is 1.93 bits per heavy atom. The summed E-state index contributed by atoms with van der Waals surface area (Å²) >= 11 is 0. The summed E-state index contributed by atoms with van der Waals surface area (Å²) in [4.78, 5) is 6.93. The largest absolute Gasteiger partial charge is 0.384 e. The van der Waals surface area contributed by atoms with E-state index in [2.05, 4.69) is 38.7 Å². The molecule has 1 aliphatic carbocycles. The van der Waals surface area contributed by atoms with Gasteiger partial charge < -0.3 is 15.4 Å². The molecule has 1 saturated heterocycles. The van der Waals surface area contributed by atoms with Gasteiger partial charge in [0.2, 0.25) is 0 Å². The highest BCUT2D eigenvalue weighted by atomic mass is 16.5. The molecule has 4 rings (SSSR count). The number of hydrogen-bond acceptors (Lipinski definition) is 6. The van der Waals surface area contributed by atoms with E-state index >= 15 is 0 Å². The number of nitriles is 1. The maximum Gasteiger partial charge on any atom is 0.103 e. The second-order valence-corrected chi connectivity index (χ2v) is 8.10. The zero-order valence-corrected chi connectivity index (χ0v) is 17.1. The lowest BCUT2D eigenvalue weighted by atomic mass is 10.0. The Morgan fingerprint density at radius 3 is 2.69 bits per heavy atom. The maximum atomic E-state index is 9.66. The predicted octanol–water partition coefficient (Wildman–Crippen LogP) is 3.99. The van der Waals surface area contributed by atoms with Crippen LogP contribution in [0.4, 0.5) is 11.4 Å². The van der Waals surface area contributed by atoms with E-state index in [9.17, 15) is 5.26 Å².